The van der Waals surface area contributed by atoms with Gasteiger partial charge in [-0.1, -0.05) is 23.7 Å². The van der Waals surface area contributed by atoms with Crippen LogP contribution in [0.3, 0.4) is 0 Å². The van der Waals surface area contributed by atoms with Crippen LogP contribution in [0.25, 0.3) is 11.1 Å². The molecule has 3 N–H and O–H groups in total. The van der Waals surface area contributed by atoms with E-state index in [2.05, 4.69) is 5.10 Å². The maximum Gasteiger partial charge on any atom is 0.274 e. The highest BCUT2D eigenvalue weighted by molar-refractivity contribution is 6.30. The third-order valence-electron chi connectivity index (χ3n) is 2.72. The Balaban J connectivity index is 2.67. The molecule has 5 heteroatoms. The predicted molar refractivity (Wildman–Crippen MR) is 74.9 cm³/mol. The summed E-state index contributed by atoms with van der Waals surface area (Å²) in [5, 5.41) is 3.34. The van der Waals surface area contributed by atoms with Crippen molar-refractivity contribution in [3.63, 3.8) is 0 Å². The molecule has 96 valence electrons. The second-order valence-electron chi connectivity index (χ2n) is 5.22. The van der Waals surface area contributed by atoms with Gasteiger partial charge in [0.2, 0.25) is 0 Å². The molecule has 0 fully saturated rings. The minimum Gasteiger partial charge on any atom is -0.383 e. The number of nitrogen functional groups attached to an aromatic ring is 1. The van der Waals surface area contributed by atoms with Gasteiger partial charge < -0.3 is 5.73 Å². The molecule has 0 atom stereocenters. The van der Waals surface area contributed by atoms with Crippen molar-refractivity contribution in [1.82, 2.24) is 9.78 Å². The lowest BCUT2D eigenvalue weighted by atomic mass is 10.1. The molecule has 1 heterocycles. The van der Waals surface area contributed by atoms with E-state index in [4.69, 9.17) is 17.3 Å². The SMILES string of the molecule is CC(C)(C)n1[nH]c(=O)c(-c2cccc(Cl)c2)c1N. The zero-order valence-corrected chi connectivity index (χ0v) is 11.4. The van der Waals surface area contributed by atoms with Crippen LogP contribution in [0.1, 0.15) is 20.8 Å². The minimum absolute atomic E-state index is 0.204. The quantitative estimate of drug-likeness (QED) is 0.833. The van der Waals surface area contributed by atoms with Gasteiger partial charge in [0.1, 0.15) is 5.82 Å². The number of rotatable bonds is 1. The van der Waals surface area contributed by atoms with Gasteiger partial charge in [-0.2, -0.15) is 0 Å². The predicted octanol–water partition coefficient (Wildman–Crippen LogP) is 2.83. The standard InChI is InChI=1S/C13H16ClN3O/c1-13(2,3)17-11(15)10(12(18)16-17)8-5-4-6-9(14)7-8/h4-7H,15H2,1-3H3,(H,16,18). The lowest BCUT2D eigenvalue weighted by molar-refractivity contribution is 0.359. The second kappa shape index (κ2) is 4.21. The average molecular weight is 266 g/mol. The van der Waals surface area contributed by atoms with Crippen molar-refractivity contribution in [2.75, 3.05) is 5.73 Å². The van der Waals surface area contributed by atoms with Gasteiger partial charge in [0.15, 0.2) is 0 Å². The molecule has 0 spiro atoms. The van der Waals surface area contributed by atoms with Crippen LogP contribution >= 0.6 is 11.6 Å². The molecule has 0 aliphatic carbocycles. The highest BCUT2D eigenvalue weighted by Gasteiger charge is 2.21. The summed E-state index contributed by atoms with van der Waals surface area (Å²) >= 11 is 5.94. The van der Waals surface area contributed by atoms with Crippen molar-refractivity contribution in [3.8, 4) is 11.1 Å². The summed E-state index contributed by atoms with van der Waals surface area (Å²) in [5.41, 5.74) is 6.77. The van der Waals surface area contributed by atoms with E-state index < -0.39 is 0 Å². The summed E-state index contributed by atoms with van der Waals surface area (Å²) in [7, 11) is 0. The van der Waals surface area contributed by atoms with E-state index in [9.17, 15) is 4.79 Å². The van der Waals surface area contributed by atoms with Gasteiger partial charge in [0, 0.05) is 5.02 Å². The number of benzene rings is 1. The van der Waals surface area contributed by atoms with E-state index in [1.165, 1.54) is 0 Å². The van der Waals surface area contributed by atoms with E-state index in [0.29, 0.717) is 16.4 Å². The minimum atomic E-state index is -0.278. The normalized spacial score (nSPS) is 11.8. The molecule has 18 heavy (non-hydrogen) atoms. The number of nitrogens with two attached hydrogens (primary N) is 1. The van der Waals surface area contributed by atoms with Crippen LogP contribution in [0, 0.1) is 0 Å². The number of nitrogens with one attached hydrogen (secondary N) is 1. The van der Waals surface area contributed by atoms with Crippen molar-refractivity contribution in [1.29, 1.82) is 0 Å². The highest BCUT2D eigenvalue weighted by atomic mass is 35.5. The highest BCUT2D eigenvalue weighted by Crippen LogP contribution is 2.27. The third-order valence-corrected chi connectivity index (χ3v) is 2.96. The zero-order chi connectivity index (χ0) is 13.5. The van der Waals surface area contributed by atoms with Gasteiger partial charge in [0.05, 0.1) is 11.1 Å². The maximum absolute atomic E-state index is 12.0. The third kappa shape index (κ3) is 2.16. The largest absolute Gasteiger partial charge is 0.383 e. The van der Waals surface area contributed by atoms with Crippen molar-refractivity contribution in [2.24, 2.45) is 0 Å². The van der Waals surface area contributed by atoms with Crippen molar-refractivity contribution < 1.29 is 0 Å². The Kier molecular flexibility index (Phi) is 2.99. The van der Waals surface area contributed by atoms with E-state index in [1.807, 2.05) is 26.8 Å². The van der Waals surface area contributed by atoms with Gasteiger partial charge in [-0.05, 0) is 38.5 Å². The first kappa shape index (κ1) is 12.8. The topological polar surface area (TPSA) is 63.8 Å². The first-order valence-electron chi connectivity index (χ1n) is 5.67. The van der Waals surface area contributed by atoms with Crippen LogP contribution in [0.5, 0.6) is 0 Å². The second-order valence-corrected chi connectivity index (χ2v) is 5.65. The Morgan fingerprint density at radius 3 is 2.50 bits per heavy atom. The number of halogens is 1. The monoisotopic (exact) mass is 265 g/mol. The van der Waals surface area contributed by atoms with Crippen molar-refractivity contribution >= 4 is 17.4 Å². The van der Waals surface area contributed by atoms with Crippen LogP contribution in [0.4, 0.5) is 5.82 Å². The van der Waals surface area contributed by atoms with Gasteiger partial charge >= 0.3 is 0 Å². The molecule has 0 radical (unpaired) electrons. The van der Waals surface area contributed by atoms with E-state index in [1.54, 1.807) is 22.9 Å². The first-order valence-corrected chi connectivity index (χ1v) is 6.05. The van der Waals surface area contributed by atoms with Crippen LogP contribution in [0.2, 0.25) is 5.02 Å². The molecular weight excluding hydrogens is 250 g/mol. The number of aromatic amines is 1. The van der Waals surface area contributed by atoms with Crippen LogP contribution in [-0.2, 0) is 5.54 Å². The summed E-state index contributed by atoms with van der Waals surface area (Å²) < 4.78 is 1.67. The summed E-state index contributed by atoms with van der Waals surface area (Å²) in [6, 6.07) is 7.11. The number of hydrogen-bond donors (Lipinski definition) is 2. The molecule has 0 aliphatic heterocycles. The summed E-state index contributed by atoms with van der Waals surface area (Å²) in [5.74, 6) is 0.426. The molecule has 1 aromatic carbocycles. The van der Waals surface area contributed by atoms with Gasteiger partial charge in [-0.15, -0.1) is 0 Å². The van der Waals surface area contributed by atoms with Gasteiger partial charge in [-0.25, -0.2) is 0 Å². The lowest BCUT2D eigenvalue weighted by Gasteiger charge is -2.21. The Hall–Kier alpha value is -1.68. The first-order chi connectivity index (χ1) is 8.30. The molecule has 0 saturated heterocycles. The molecule has 0 unspecified atom stereocenters. The number of aromatic nitrogens is 2. The number of H-pyrrole nitrogens is 1. The molecule has 4 nitrogen and oxygen atoms in total. The van der Waals surface area contributed by atoms with Crippen molar-refractivity contribution in [3.05, 3.63) is 39.6 Å². The Morgan fingerprint density at radius 1 is 1.33 bits per heavy atom. The smallest absolute Gasteiger partial charge is 0.274 e. The summed E-state index contributed by atoms with van der Waals surface area (Å²) in [4.78, 5) is 12.0. The molecule has 0 aliphatic rings. The molecule has 0 saturated carbocycles. The number of nitrogens with zero attached hydrogens (tertiary/aromatic N) is 1. The van der Waals surface area contributed by atoms with E-state index in [-0.39, 0.29) is 11.1 Å². The van der Waals surface area contributed by atoms with Gasteiger partial charge in [0.25, 0.3) is 5.56 Å². The molecule has 2 rings (SSSR count). The van der Waals surface area contributed by atoms with Crippen molar-refractivity contribution in [2.45, 2.75) is 26.3 Å². The lowest BCUT2D eigenvalue weighted by Crippen LogP contribution is -2.25. The Morgan fingerprint density at radius 2 is 2.00 bits per heavy atom. The molecule has 1 aromatic heterocycles. The van der Waals surface area contributed by atoms with Crippen LogP contribution < -0.4 is 11.3 Å². The molecule has 0 amide bonds. The number of hydrogen-bond acceptors (Lipinski definition) is 2. The van der Waals surface area contributed by atoms with E-state index >= 15 is 0 Å². The fourth-order valence-corrected chi connectivity index (χ4v) is 2.09. The van der Waals surface area contributed by atoms with Crippen LogP contribution in [-0.4, -0.2) is 9.78 Å². The molecule has 2 aromatic rings. The fraction of sp³-hybridized carbons (Fsp3) is 0.308. The summed E-state index contributed by atoms with van der Waals surface area (Å²) in [6.07, 6.45) is 0. The Bertz CT molecular complexity index is 634. The number of anilines is 1. The average Bonchev–Trinajstić information content (AvgIpc) is 2.54. The van der Waals surface area contributed by atoms with E-state index in [0.717, 1.165) is 5.56 Å². The maximum atomic E-state index is 12.0. The zero-order valence-electron chi connectivity index (χ0n) is 10.6. The Labute approximate surface area is 110 Å². The molecule has 0 bridgehead atoms. The van der Waals surface area contributed by atoms with Crippen LogP contribution in [0.15, 0.2) is 29.1 Å². The summed E-state index contributed by atoms with van der Waals surface area (Å²) in [6.45, 7) is 5.92. The fourth-order valence-electron chi connectivity index (χ4n) is 1.90. The van der Waals surface area contributed by atoms with Gasteiger partial charge in [-0.3, -0.25) is 14.6 Å². The molecular formula is C13H16ClN3O.